The van der Waals surface area contributed by atoms with Gasteiger partial charge in [0.25, 0.3) is 0 Å². The summed E-state index contributed by atoms with van der Waals surface area (Å²) in [5.74, 6) is 1.84. The summed E-state index contributed by atoms with van der Waals surface area (Å²) in [6.45, 7) is 5.28. The van der Waals surface area contributed by atoms with Crippen LogP contribution in [-0.2, 0) is 18.3 Å². The molecule has 1 saturated carbocycles. The van der Waals surface area contributed by atoms with Gasteiger partial charge in [-0.3, -0.25) is 0 Å². The van der Waals surface area contributed by atoms with E-state index in [0.29, 0.717) is 12.0 Å². The van der Waals surface area contributed by atoms with Crippen LogP contribution in [0.2, 0.25) is 0 Å². The molecule has 1 heterocycles. The summed E-state index contributed by atoms with van der Waals surface area (Å²) in [4.78, 5) is 9.47. The van der Waals surface area contributed by atoms with Crippen molar-refractivity contribution in [3.8, 4) is 0 Å². The van der Waals surface area contributed by atoms with Gasteiger partial charge < -0.3 is 19.9 Å². The Labute approximate surface area is 179 Å². The zero-order valence-electron chi connectivity index (χ0n) is 16.6. The lowest BCUT2D eigenvalue weighted by molar-refractivity contribution is 0.0732. The van der Waals surface area contributed by atoms with Gasteiger partial charge in [-0.2, -0.15) is 0 Å². The van der Waals surface area contributed by atoms with Crippen LogP contribution < -0.4 is 10.6 Å². The molecule has 7 heteroatoms. The molecule has 0 amide bonds. The summed E-state index contributed by atoms with van der Waals surface area (Å²) < 4.78 is 7.41. The fourth-order valence-electron chi connectivity index (χ4n) is 3.61. The quantitative estimate of drug-likeness (QED) is 0.342. The number of methoxy groups -OCH3 is 1. The van der Waals surface area contributed by atoms with Gasteiger partial charge in [-0.15, -0.1) is 24.0 Å². The number of para-hydroxylation sites is 2. The Balaban J connectivity index is 0.00000261. The molecule has 0 unspecified atom stereocenters. The molecule has 6 nitrogen and oxygen atoms in total. The molecule has 0 atom stereocenters. The van der Waals surface area contributed by atoms with Crippen LogP contribution >= 0.6 is 24.0 Å². The first-order chi connectivity index (χ1) is 12.7. The van der Waals surface area contributed by atoms with Gasteiger partial charge in [0.2, 0.25) is 0 Å². The summed E-state index contributed by atoms with van der Waals surface area (Å²) >= 11 is 0. The normalized spacial score (nSPS) is 15.9. The predicted octanol–water partition coefficient (Wildman–Crippen LogP) is 3.45. The summed E-state index contributed by atoms with van der Waals surface area (Å²) in [6, 6.07) is 8.20. The number of aromatic nitrogens is 2. The largest absolute Gasteiger partial charge is 0.385 e. The maximum absolute atomic E-state index is 5.29. The molecular formula is C20H32IN5O. The van der Waals surface area contributed by atoms with Crippen molar-refractivity contribution in [3.05, 3.63) is 30.1 Å². The number of imidazole rings is 1. The van der Waals surface area contributed by atoms with Crippen LogP contribution in [0.5, 0.6) is 0 Å². The van der Waals surface area contributed by atoms with E-state index in [1.807, 2.05) is 18.2 Å². The number of nitrogens with zero attached hydrogens (tertiary/aromatic N) is 3. The van der Waals surface area contributed by atoms with Crippen LogP contribution in [0.1, 0.15) is 38.4 Å². The van der Waals surface area contributed by atoms with Gasteiger partial charge in [0.1, 0.15) is 12.4 Å². The monoisotopic (exact) mass is 485 g/mol. The first-order valence-corrected chi connectivity index (χ1v) is 9.59. The molecule has 1 aromatic heterocycles. The molecular weight excluding hydrogens is 453 g/mol. The standard InChI is InChI=1S/C20H31N5O.HI/c1-4-21-19(23-15-20(10-7-11-20)12-13-26-3)22-14-18-24-16-8-5-6-9-17(16)25(18)2;/h5-6,8-9H,4,7,10-15H2,1-3H3,(H2,21,22,23);1H. The molecule has 2 N–H and O–H groups in total. The zero-order valence-corrected chi connectivity index (χ0v) is 19.0. The highest BCUT2D eigenvalue weighted by molar-refractivity contribution is 14.0. The number of ether oxygens (including phenoxy) is 1. The molecule has 0 radical (unpaired) electrons. The SMILES string of the molecule is CCNC(=NCc1nc2ccccc2n1C)NCC1(CCOC)CCC1.I. The minimum absolute atomic E-state index is 0. The third kappa shape index (κ3) is 5.34. The molecule has 0 spiro atoms. The number of halogens is 1. The molecule has 1 aliphatic carbocycles. The van der Waals surface area contributed by atoms with Crippen LogP contribution in [0.3, 0.4) is 0 Å². The predicted molar refractivity (Wildman–Crippen MR) is 122 cm³/mol. The summed E-state index contributed by atoms with van der Waals surface area (Å²) in [7, 11) is 3.83. The number of aliphatic imine (C=N–C) groups is 1. The molecule has 3 rings (SSSR count). The number of hydrogen-bond donors (Lipinski definition) is 2. The molecule has 1 fully saturated rings. The Morgan fingerprint density at radius 3 is 2.70 bits per heavy atom. The lowest BCUT2D eigenvalue weighted by atomic mass is 9.67. The number of aryl methyl sites for hydroxylation is 1. The summed E-state index contributed by atoms with van der Waals surface area (Å²) in [6.07, 6.45) is 4.97. The van der Waals surface area contributed by atoms with Crippen LogP contribution in [0.25, 0.3) is 11.0 Å². The van der Waals surface area contributed by atoms with Crippen molar-refractivity contribution in [3.63, 3.8) is 0 Å². The lowest BCUT2D eigenvalue weighted by Crippen LogP contribution is -2.47. The van der Waals surface area contributed by atoms with E-state index in [1.54, 1.807) is 7.11 Å². The smallest absolute Gasteiger partial charge is 0.191 e. The van der Waals surface area contributed by atoms with Crippen LogP contribution in [-0.4, -0.2) is 42.3 Å². The Morgan fingerprint density at radius 2 is 2.07 bits per heavy atom. The number of guanidine groups is 1. The van der Waals surface area contributed by atoms with Crippen molar-refractivity contribution in [2.24, 2.45) is 17.5 Å². The molecule has 2 aromatic rings. The van der Waals surface area contributed by atoms with E-state index < -0.39 is 0 Å². The van der Waals surface area contributed by atoms with Crippen molar-refractivity contribution >= 4 is 41.0 Å². The number of nitrogens with one attached hydrogen (secondary N) is 2. The first-order valence-electron chi connectivity index (χ1n) is 9.59. The fourth-order valence-corrected chi connectivity index (χ4v) is 3.61. The van der Waals surface area contributed by atoms with Crippen molar-refractivity contribution in [2.45, 2.75) is 39.2 Å². The molecule has 1 aliphatic rings. The molecule has 0 saturated heterocycles. The number of benzene rings is 1. The number of fused-ring (bicyclic) bond motifs is 1. The van der Waals surface area contributed by atoms with Crippen molar-refractivity contribution < 1.29 is 4.74 Å². The third-order valence-corrected chi connectivity index (χ3v) is 5.48. The average Bonchev–Trinajstić information content (AvgIpc) is 2.94. The van der Waals surface area contributed by atoms with Crippen molar-refractivity contribution in [2.75, 3.05) is 26.8 Å². The highest BCUT2D eigenvalue weighted by Crippen LogP contribution is 2.43. The second kappa shape index (κ2) is 10.3. The fraction of sp³-hybridized carbons (Fsp3) is 0.600. The molecule has 0 aliphatic heterocycles. The Bertz CT molecular complexity index is 754. The zero-order chi connectivity index (χ0) is 18.4. The average molecular weight is 485 g/mol. The van der Waals surface area contributed by atoms with Crippen LogP contribution in [0.4, 0.5) is 0 Å². The molecule has 27 heavy (non-hydrogen) atoms. The topological polar surface area (TPSA) is 63.5 Å². The summed E-state index contributed by atoms with van der Waals surface area (Å²) in [5.41, 5.74) is 2.53. The Hall–Kier alpha value is -1.35. The Morgan fingerprint density at radius 1 is 1.30 bits per heavy atom. The van der Waals surface area contributed by atoms with E-state index in [0.717, 1.165) is 48.9 Å². The van der Waals surface area contributed by atoms with Crippen molar-refractivity contribution in [1.29, 1.82) is 0 Å². The van der Waals surface area contributed by atoms with E-state index in [2.05, 4.69) is 35.2 Å². The van der Waals surface area contributed by atoms with Crippen molar-refractivity contribution in [1.82, 2.24) is 20.2 Å². The number of hydrogen-bond acceptors (Lipinski definition) is 3. The van der Waals surface area contributed by atoms with Gasteiger partial charge in [0.15, 0.2) is 5.96 Å². The van der Waals surface area contributed by atoms with Crippen LogP contribution in [0, 0.1) is 5.41 Å². The van der Waals surface area contributed by atoms with E-state index in [4.69, 9.17) is 14.7 Å². The van der Waals surface area contributed by atoms with Gasteiger partial charge in [0, 0.05) is 33.9 Å². The van der Waals surface area contributed by atoms with Gasteiger partial charge in [0.05, 0.1) is 11.0 Å². The highest BCUT2D eigenvalue weighted by atomic mass is 127. The van der Waals surface area contributed by atoms with Gasteiger partial charge >= 0.3 is 0 Å². The van der Waals surface area contributed by atoms with E-state index >= 15 is 0 Å². The summed E-state index contributed by atoms with van der Waals surface area (Å²) in [5, 5.41) is 6.90. The maximum Gasteiger partial charge on any atom is 0.191 e. The Kier molecular flexibility index (Phi) is 8.34. The maximum atomic E-state index is 5.29. The molecule has 150 valence electrons. The number of rotatable bonds is 8. The molecule has 0 bridgehead atoms. The minimum Gasteiger partial charge on any atom is -0.385 e. The second-order valence-corrected chi connectivity index (χ2v) is 7.22. The highest BCUT2D eigenvalue weighted by Gasteiger charge is 2.36. The molecule has 1 aromatic carbocycles. The third-order valence-electron chi connectivity index (χ3n) is 5.48. The lowest BCUT2D eigenvalue weighted by Gasteiger charge is -2.42. The van der Waals surface area contributed by atoms with Gasteiger partial charge in [-0.05, 0) is 43.7 Å². The van der Waals surface area contributed by atoms with Gasteiger partial charge in [-0.1, -0.05) is 18.6 Å². The van der Waals surface area contributed by atoms with E-state index in [-0.39, 0.29) is 24.0 Å². The van der Waals surface area contributed by atoms with E-state index in [1.165, 1.54) is 19.3 Å². The van der Waals surface area contributed by atoms with Gasteiger partial charge in [-0.25, -0.2) is 9.98 Å². The van der Waals surface area contributed by atoms with Crippen LogP contribution in [0.15, 0.2) is 29.3 Å². The minimum atomic E-state index is 0. The second-order valence-electron chi connectivity index (χ2n) is 7.22. The van der Waals surface area contributed by atoms with E-state index in [9.17, 15) is 0 Å². The first kappa shape index (κ1) is 21.9.